The van der Waals surface area contributed by atoms with E-state index in [9.17, 15) is 4.79 Å². The predicted octanol–water partition coefficient (Wildman–Crippen LogP) is 3.94. The van der Waals surface area contributed by atoms with Crippen molar-refractivity contribution < 1.29 is 9.53 Å². The largest absolute Gasteiger partial charge is 0.497 e. The molecular weight excluding hydrogens is 336 g/mol. The number of rotatable bonds is 3. The standard InChI is InChI=1S/C23H29N2O2/c1-18(26)24-14-16-25(17-15-24,20-10-12-21(27-2)13-11-20)23-9-5-7-19-6-3-4-8-22(19)23/h3-4,6,8,10-13,23H,5,7,9,14-17H2,1-2H3/q+1. The molecule has 4 heteroatoms. The van der Waals surface area contributed by atoms with Crippen molar-refractivity contribution in [2.45, 2.75) is 32.2 Å². The second kappa shape index (κ2) is 7.35. The molecule has 1 unspecified atom stereocenters. The number of carbonyl (C=O) groups is 1. The lowest BCUT2D eigenvalue weighted by Crippen LogP contribution is -2.63. The molecule has 2 aromatic carbocycles. The highest BCUT2D eigenvalue weighted by Crippen LogP contribution is 2.43. The lowest BCUT2D eigenvalue weighted by atomic mass is 9.84. The van der Waals surface area contributed by atoms with Gasteiger partial charge < -0.3 is 9.64 Å². The summed E-state index contributed by atoms with van der Waals surface area (Å²) < 4.78 is 6.32. The van der Waals surface area contributed by atoms with Gasteiger partial charge in [0, 0.05) is 31.0 Å². The van der Waals surface area contributed by atoms with Crippen LogP contribution in [0.1, 0.15) is 36.9 Å². The molecule has 1 saturated heterocycles. The van der Waals surface area contributed by atoms with E-state index in [0.717, 1.165) is 36.4 Å². The second-order valence-electron chi connectivity index (χ2n) is 7.79. The lowest BCUT2D eigenvalue weighted by Gasteiger charge is -2.50. The molecule has 1 atom stereocenters. The van der Waals surface area contributed by atoms with Gasteiger partial charge in [0.2, 0.25) is 5.91 Å². The number of piperazine rings is 1. The molecule has 0 saturated carbocycles. The molecule has 2 aromatic rings. The minimum Gasteiger partial charge on any atom is -0.497 e. The first-order chi connectivity index (χ1) is 13.1. The van der Waals surface area contributed by atoms with Crippen LogP contribution in [0.2, 0.25) is 0 Å². The summed E-state index contributed by atoms with van der Waals surface area (Å²) in [7, 11) is 1.71. The molecule has 27 heavy (non-hydrogen) atoms. The molecule has 142 valence electrons. The molecule has 4 rings (SSSR count). The molecule has 1 aliphatic carbocycles. The van der Waals surface area contributed by atoms with Gasteiger partial charge in [-0.2, -0.15) is 0 Å². The molecule has 1 fully saturated rings. The SMILES string of the molecule is COc1ccc([N+]2(C3CCCc4ccccc43)CCN(C(C)=O)CC2)cc1. The van der Waals surface area contributed by atoms with Gasteiger partial charge in [0.25, 0.3) is 0 Å². The van der Waals surface area contributed by atoms with E-state index in [-0.39, 0.29) is 5.91 Å². The summed E-state index contributed by atoms with van der Waals surface area (Å²) in [5.74, 6) is 1.08. The first-order valence-corrected chi connectivity index (χ1v) is 9.99. The number of fused-ring (bicyclic) bond motifs is 1. The third kappa shape index (κ3) is 3.23. The molecule has 1 amide bonds. The van der Waals surface area contributed by atoms with Crippen molar-refractivity contribution in [2.24, 2.45) is 0 Å². The van der Waals surface area contributed by atoms with Crippen LogP contribution in [0.15, 0.2) is 48.5 Å². The van der Waals surface area contributed by atoms with Crippen molar-refractivity contribution in [3.8, 4) is 5.75 Å². The maximum absolute atomic E-state index is 11.9. The first kappa shape index (κ1) is 18.1. The number of hydrogen-bond acceptors (Lipinski definition) is 2. The lowest BCUT2D eigenvalue weighted by molar-refractivity contribution is -0.130. The number of amides is 1. The zero-order valence-corrected chi connectivity index (χ0v) is 16.4. The van der Waals surface area contributed by atoms with Gasteiger partial charge in [-0.1, -0.05) is 24.3 Å². The Morgan fingerprint density at radius 1 is 1.07 bits per heavy atom. The van der Waals surface area contributed by atoms with Gasteiger partial charge in [0.15, 0.2) is 0 Å². The maximum atomic E-state index is 11.9. The van der Waals surface area contributed by atoms with Gasteiger partial charge in [0.05, 0.1) is 20.2 Å². The monoisotopic (exact) mass is 365 g/mol. The van der Waals surface area contributed by atoms with Gasteiger partial charge in [-0.25, -0.2) is 0 Å². The van der Waals surface area contributed by atoms with Crippen LogP contribution >= 0.6 is 0 Å². The van der Waals surface area contributed by atoms with Gasteiger partial charge in [-0.05, 0) is 30.5 Å². The van der Waals surface area contributed by atoms with Crippen LogP contribution < -0.4 is 9.22 Å². The summed E-state index contributed by atoms with van der Waals surface area (Å²) >= 11 is 0. The van der Waals surface area contributed by atoms with E-state index in [2.05, 4.69) is 48.5 Å². The number of methoxy groups -OCH3 is 1. The number of nitrogens with zero attached hydrogens (tertiary/aromatic N) is 2. The first-order valence-electron chi connectivity index (χ1n) is 9.99. The van der Waals surface area contributed by atoms with Crippen LogP contribution in [0.3, 0.4) is 0 Å². The topological polar surface area (TPSA) is 29.5 Å². The molecule has 1 aliphatic heterocycles. The van der Waals surface area contributed by atoms with E-state index < -0.39 is 0 Å². The van der Waals surface area contributed by atoms with Crippen molar-refractivity contribution in [1.29, 1.82) is 0 Å². The fourth-order valence-corrected chi connectivity index (χ4v) is 5.01. The minimum absolute atomic E-state index is 0.187. The average Bonchev–Trinajstić information content (AvgIpc) is 2.73. The van der Waals surface area contributed by atoms with Crippen LogP contribution in [-0.2, 0) is 11.2 Å². The Bertz CT molecular complexity index is 807. The molecule has 0 aromatic heterocycles. The Morgan fingerprint density at radius 2 is 1.78 bits per heavy atom. The normalized spacial score (nSPS) is 21.4. The van der Waals surface area contributed by atoms with E-state index in [1.807, 2.05) is 4.90 Å². The summed E-state index contributed by atoms with van der Waals surface area (Å²) in [4.78, 5) is 13.9. The summed E-state index contributed by atoms with van der Waals surface area (Å²) in [6, 6.07) is 18.0. The minimum atomic E-state index is 0.187. The van der Waals surface area contributed by atoms with Crippen LogP contribution in [0.25, 0.3) is 0 Å². The predicted molar refractivity (Wildman–Crippen MR) is 109 cm³/mol. The number of hydrogen-bond donors (Lipinski definition) is 0. The van der Waals surface area contributed by atoms with Crippen LogP contribution in [0.5, 0.6) is 5.75 Å². The van der Waals surface area contributed by atoms with Gasteiger partial charge in [0.1, 0.15) is 30.6 Å². The van der Waals surface area contributed by atoms with Gasteiger partial charge in [-0.3, -0.25) is 9.28 Å². The molecule has 1 heterocycles. The van der Waals surface area contributed by atoms with E-state index in [1.54, 1.807) is 14.0 Å². The molecule has 0 spiro atoms. The van der Waals surface area contributed by atoms with E-state index >= 15 is 0 Å². The number of aryl methyl sites for hydroxylation is 1. The highest BCUT2D eigenvalue weighted by molar-refractivity contribution is 5.73. The summed E-state index contributed by atoms with van der Waals surface area (Å²) in [5.41, 5.74) is 4.32. The highest BCUT2D eigenvalue weighted by atomic mass is 16.5. The van der Waals surface area contributed by atoms with Gasteiger partial charge >= 0.3 is 0 Å². The summed E-state index contributed by atoms with van der Waals surface area (Å²) in [6.07, 6.45) is 3.60. The van der Waals surface area contributed by atoms with Crippen LogP contribution in [0, 0.1) is 0 Å². The summed E-state index contributed by atoms with van der Waals surface area (Å²) in [5, 5.41) is 0. The molecule has 0 N–H and O–H groups in total. The zero-order valence-electron chi connectivity index (χ0n) is 16.4. The Balaban J connectivity index is 1.76. The Hall–Kier alpha value is -2.33. The second-order valence-corrected chi connectivity index (χ2v) is 7.79. The smallest absolute Gasteiger partial charge is 0.219 e. The highest BCUT2D eigenvalue weighted by Gasteiger charge is 2.44. The Kier molecular flexibility index (Phi) is 4.92. The van der Waals surface area contributed by atoms with Crippen molar-refractivity contribution in [3.63, 3.8) is 0 Å². The summed E-state index contributed by atoms with van der Waals surface area (Å²) in [6.45, 7) is 5.25. The van der Waals surface area contributed by atoms with Crippen molar-refractivity contribution >= 4 is 11.6 Å². The van der Waals surface area contributed by atoms with Crippen molar-refractivity contribution in [1.82, 2.24) is 9.38 Å². The third-order valence-electron chi connectivity index (χ3n) is 6.50. The molecule has 0 radical (unpaired) electrons. The van der Waals surface area contributed by atoms with Crippen molar-refractivity contribution in [3.05, 3.63) is 59.7 Å². The number of quaternary nitrogens is 1. The number of ether oxygens (including phenoxy) is 1. The fraction of sp³-hybridized carbons (Fsp3) is 0.435. The average molecular weight is 365 g/mol. The van der Waals surface area contributed by atoms with Gasteiger partial charge in [-0.15, -0.1) is 0 Å². The number of carbonyl (C=O) groups excluding carboxylic acids is 1. The zero-order chi connectivity index (χ0) is 18.9. The number of benzene rings is 2. The molecular formula is C23H29N2O2+. The van der Waals surface area contributed by atoms with E-state index in [4.69, 9.17) is 4.74 Å². The Labute approximate surface area is 161 Å². The Morgan fingerprint density at radius 3 is 2.44 bits per heavy atom. The molecule has 2 aliphatic rings. The molecule has 4 nitrogen and oxygen atoms in total. The van der Waals surface area contributed by atoms with Crippen LogP contribution in [-0.4, -0.2) is 44.1 Å². The fourth-order valence-electron chi connectivity index (χ4n) is 5.01. The van der Waals surface area contributed by atoms with E-state index in [1.165, 1.54) is 36.1 Å². The van der Waals surface area contributed by atoms with E-state index in [0.29, 0.717) is 6.04 Å². The third-order valence-corrected chi connectivity index (χ3v) is 6.50. The maximum Gasteiger partial charge on any atom is 0.219 e. The quantitative estimate of drug-likeness (QED) is 0.771. The molecule has 0 bridgehead atoms. The van der Waals surface area contributed by atoms with Crippen molar-refractivity contribution in [2.75, 3.05) is 33.3 Å². The van der Waals surface area contributed by atoms with Crippen LogP contribution in [0.4, 0.5) is 5.69 Å².